The fraction of sp³-hybridized carbons (Fsp3) is 0.533. The van der Waals surface area contributed by atoms with Crippen LogP contribution in [0.15, 0.2) is 30.3 Å². The van der Waals surface area contributed by atoms with Crippen molar-refractivity contribution in [1.82, 2.24) is 10.2 Å². The zero-order valence-corrected chi connectivity index (χ0v) is 10.8. The van der Waals surface area contributed by atoms with E-state index in [1.165, 1.54) is 5.56 Å². The second-order valence-electron chi connectivity index (χ2n) is 5.49. The van der Waals surface area contributed by atoms with Crippen LogP contribution < -0.4 is 5.32 Å². The molecule has 18 heavy (non-hydrogen) atoms. The van der Waals surface area contributed by atoms with Crippen LogP contribution in [0.3, 0.4) is 0 Å². The van der Waals surface area contributed by atoms with Crippen molar-refractivity contribution in [3.8, 4) is 0 Å². The summed E-state index contributed by atoms with van der Waals surface area (Å²) in [6, 6.07) is 11.0. The summed E-state index contributed by atoms with van der Waals surface area (Å²) in [5.74, 6) is 0.687. The molecule has 1 saturated carbocycles. The second-order valence-corrected chi connectivity index (χ2v) is 5.49. The van der Waals surface area contributed by atoms with Crippen LogP contribution >= 0.6 is 0 Å². The van der Waals surface area contributed by atoms with Crippen LogP contribution in [0.5, 0.6) is 0 Å². The predicted molar refractivity (Wildman–Crippen MR) is 71.1 cm³/mol. The quantitative estimate of drug-likeness (QED) is 0.862. The molecule has 2 fully saturated rings. The molecular formula is C15H20N2O. The maximum atomic E-state index is 12.2. The summed E-state index contributed by atoms with van der Waals surface area (Å²) in [5, 5.41) is 3.54. The highest BCUT2D eigenvalue weighted by atomic mass is 16.2. The van der Waals surface area contributed by atoms with Crippen molar-refractivity contribution in [3.05, 3.63) is 35.9 Å². The van der Waals surface area contributed by atoms with E-state index in [1.807, 2.05) is 6.07 Å². The molecule has 3 nitrogen and oxygen atoms in total. The van der Waals surface area contributed by atoms with Gasteiger partial charge in [0, 0.05) is 31.1 Å². The molecule has 0 aromatic heterocycles. The van der Waals surface area contributed by atoms with Crippen LogP contribution in [0.2, 0.25) is 0 Å². The number of benzene rings is 1. The summed E-state index contributed by atoms with van der Waals surface area (Å²) < 4.78 is 0. The predicted octanol–water partition coefficient (Wildman–Crippen LogP) is 1.96. The number of carbonyl (C=O) groups excluding carboxylic acids is 1. The van der Waals surface area contributed by atoms with Crippen LogP contribution in [0.4, 0.5) is 0 Å². The van der Waals surface area contributed by atoms with E-state index in [0.29, 0.717) is 17.9 Å². The van der Waals surface area contributed by atoms with Crippen molar-refractivity contribution < 1.29 is 4.79 Å². The average molecular weight is 244 g/mol. The number of rotatable bonds is 2. The zero-order chi connectivity index (χ0) is 12.5. The molecule has 3 rings (SSSR count). The molecule has 3 heteroatoms. The molecule has 1 N–H and O–H groups in total. The fourth-order valence-corrected chi connectivity index (χ4v) is 2.64. The Morgan fingerprint density at radius 1 is 1.28 bits per heavy atom. The number of hydrogen-bond donors (Lipinski definition) is 1. The van der Waals surface area contributed by atoms with Gasteiger partial charge in [-0.2, -0.15) is 0 Å². The molecule has 1 aromatic rings. The Bertz CT molecular complexity index is 427. The van der Waals surface area contributed by atoms with Crippen LogP contribution in [0.25, 0.3) is 0 Å². The maximum Gasteiger partial charge on any atom is 0.226 e. The van der Waals surface area contributed by atoms with Crippen molar-refractivity contribution >= 4 is 5.91 Å². The molecule has 1 aromatic carbocycles. The average Bonchev–Trinajstić information content (AvgIpc) is 3.24. The van der Waals surface area contributed by atoms with Gasteiger partial charge in [0.25, 0.3) is 0 Å². The Hall–Kier alpha value is -1.35. The number of nitrogens with one attached hydrogen (secondary N) is 1. The van der Waals surface area contributed by atoms with Gasteiger partial charge in [-0.1, -0.05) is 30.3 Å². The minimum Gasteiger partial charge on any atom is -0.337 e. The number of nitrogens with zero attached hydrogens (tertiary/aromatic N) is 1. The minimum absolute atomic E-state index is 0.282. The Balaban J connectivity index is 1.73. The van der Waals surface area contributed by atoms with Crippen molar-refractivity contribution in [1.29, 1.82) is 0 Å². The van der Waals surface area contributed by atoms with Crippen molar-refractivity contribution in [2.75, 3.05) is 13.1 Å². The second kappa shape index (κ2) is 4.73. The largest absolute Gasteiger partial charge is 0.337 e. The summed E-state index contributed by atoms with van der Waals surface area (Å²) in [7, 11) is 0. The third kappa shape index (κ3) is 2.27. The van der Waals surface area contributed by atoms with Crippen LogP contribution in [-0.2, 0) is 4.79 Å². The van der Waals surface area contributed by atoms with Gasteiger partial charge in [-0.25, -0.2) is 0 Å². The lowest BCUT2D eigenvalue weighted by molar-refractivity contribution is -0.136. The van der Waals surface area contributed by atoms with Gasteiger partial charge in [0.15, 0.2) is 0 Å². The van der Waals surface area contributed by atoms with Gasteiger partial charge in [-0.05, 0) is 25.3 Å². The van der Waals surface area contributed by atoms with Gasteiger partial charge < -0.3 is 10.2 Å². The highest BCUT2D eigenvalue weighted by Crippen LogP contribution is 2.33. The molecule has 1 saturated heterocycles. The lowest BCUT2D eigenvalue weighted by Gasteiger charge is -2.39. The molecule has 2 aliphatic rings. The lowest BCUT2D eigenvalue weighted by atomic mass is 10.0. The molecule has 1 aliphatic heterocycles. The summed E-state index contributed by atoms with van der Waals surface area (Å²) in [6.07, 6.45) is 2.18. The molecule has 1 amide bonds. The first-order chi connectivity index (χ1) is 8.75. The smallest absolute Gasteiger partial charge is 0.226 e. The Labute approximate surface area is 108 Å². The number of piperazine rings is 1. The Morgan fingerprint density at radius 3 is 2.67 bits per heavy atom. The van der Waals surface area contributed by atoms with Crippen molar-refractivity contribution in [2.24, 2.45) is 5.92 Å². The molecule has 2 atom stereocenters. The topological polar surface area (TPSA) is 32.3 Å². The summed E-state index contributed by atoms with van der Waals surface area (Å²) >= 11 is 0. The Kier molecular flexibility index (Phi) is 3.08. The summed E-state index contributed by atoms with van der Waals surface area (Å²) in [4.78, 5) is 14.3. The zero-order valence-electron chi connectivity index (χ0n) is 10.8. The van der Waals surface area contributed by atoms with E-state index in [9.17, 15) is 4.79 Å². The molecule has 0 radical (unpaired) electrons. The van der Waals surface area contributed by atoms with Gasteiger partial charge in [0.2, 0.25) is 5.91 Å². The standard InChI is InChI=1S/C15H20N2O/c1-11-9-16-14(12-5-3-2-4-6-12)10-17(11)15(18)13-7-8-13/h2-6,11,13-14,16H,7-10H2,1H3. The lowest BCUT2D eigenvalue weighted by Crippen LogP contribution is -2.54. The maximum absolute atomic E-state index is 12.2. The first-order valence-corrected chi connectivity index (χ1v) is 6.84. The summed E-state index contributed by atoms with van der Waals surface area (Å²) in [5.41, 5.74) is 1.28. The molecule has 0 spiro atoms. The normalized spacial score (nSPS) is 28.2. The Morgan fingerprint density at radius 2 is 2.00 bits per heavy atom. The first kappa shape index (κ1) is 11.7. The van der Waals surface area contributed by atoms with Gasteiger partial charge in [-0.15, -0.1) is 0 Å². The first-order valence-electron chi connectivity index (χ1n) is 6.84. The highest BCUT2D eigenvalue weighted by Gasteiger charge is 2.37. The highest BCUT2D eigenvalue weighted by molar-refractivity contribution is 5.81. The molecule has 0 bridgehead atoms. The van der Waals surface area contributed by atoms with E-state index in [2.05, 4.69) is 41.4 Å². The monoisotopic (exact) mass is 244 g/mol. The molecule has 1 aliphatic carbocycles. The van der Waals surface area contributed by atoms with E-state index >= 15 is 0 Å². The van der Waals surface area contributed by atoms with Crippen LogP contribution in [0.1, 0.15) is 31.4 Å². The van der Waals surface area contributed by atoms with Gasteiger partial charge in [0.1, 0.15) is 0 Å². The van der Waals surface area contributed by atoms with Crippen LogP contribution in [0, 0.1) is 5.92 Å². The SMILES string of the molecule is CC1CNC(c2ccccc2)CN1C(=O)C1CC1. The van der Waals surface area contributed by atoms with Crippen molar-refractivity contribution in [2.45, 2.75) is 31.8 Å². The molecule has 96 valence electrons. The van der Waals surface area contributed by atoms with E-state index in [1.54, 1.807) is 0 Å². The molecule has 2 unspecified atom stereocenters. The van der Waals surface area contributed by atoms with E-state index < -0.39 is 0 Å². The number of carbonyl (C=O) groups is 1. The van der Waals surface area contributed by atoms with Gasteiger partial charge in [0.05, 0.1) is 0 Å². The summed E-state index contributed by atoms with van der Waals surface area (Å²) in [6.45, 7) is 3.83. The van der Waals surface area contributed by atoms with Gasteiger partial charge >= 0.3 is 0 Å². The van der Waals surface area contributed by atoms with Gasteiger partial charge in [-0.3, -0.25) is 4.79 Å². The number of amides is 1. The molecular weight excluding hydrogens is 224 g/mol. The minimum atomic E-state index is 0.282. The number of hydrogen-bond acceptors (Lipinski definition) is 2. The van der Waals surface area contributed by atoms with Crippen LogP contribution in [-0.4, -0.2) is 29.9 Å². The van der Waals surface area contributed by atoms with E-state index in [4.69, 9.17) is 0 Å². The third-order valence-electron chi connectivity index (χ3n) is 3.98. The third-order valence-corrected chi connectivity index (χ3v) is 3.98. The van der Waals surface area contributed by atoms with E-state index in [0.717, 1.165) is 25.9 Å². The van der Waals surface area contributed by atoms with Crippen molar-refractivity contribution in [3.63, 3.8) is 0 Å². The van der Waals surface area contributed by atoms with E-state index in [-0.39, 0.29) is 6.04 Å². The fourth-order valence-electron chi connectivity index (χ4n) is 2.64. The molecule has 1 heterocycles.